The first-order valence-corrected chi connectivity index (χ1v) is 11.0. The van der Waals surface area contributed by atoms with Crippen LogP contribution in [0.4, 0.5) is 24.5 Å². The highest BCUT2D eigenvalue weighted by Crippen LogP contribution is 2.39. The van der Waals surface area contributed by atoms with Gasteiger partial charge < -0.3 is 10.2 Å². The number of amides is 2. The van der Waals surface area contributed by atoms with Gasteiger partial charge in [-0.15, -0.1) is 11.3 Å². The predicted octanol–water partition coefficient (Wildman–Crippen LogP) is 4.78. The number of nitrogens with zero attached hydrogens (tertiary/aromatic N) is 3. The van der Waals surface area contributed by atoms with Gasteiger partial charge in [-0.25, -0.2) is 4.98 Å². The number of fused-ring (bicyclic) bond motifs is 1. The molecule has 3 aromatic rings. The van der Waals surface area contributed by atoms with Gasteiger partial charge in [0.1, 0.15) is 17.6 Å². The molecule has 0 atom stereocenters. The van der Waals surface area contributed by atoms with Gasteiger partial charge in [-0.05, 0) is 29.6 Å². The number of hydrogen-bond acceptors (Lipinski definition) is 6. The molecule has 2 amide bonds. The fraction of sp³-hybridized carbons (Fsp3) is 0.143. The van der Waals surface area contributed by atoms with E-state index in [9.17, 15) is 28.0 Å². The highest BCUT2D eigenvalue weighted by atomic mass is 32.2. The van der Waals surface area contributed by atoms with Crippen molar-refractivity contribution in [2.45, 2.75) is 11.2 Å². The highest BCUT2D eigenvalue weighted by Gasteiger charge is 2.36. The van der Waals surface area contributed by atoms with E-state index in [2.05, 4.69) is 10.3 Å². The zero-order valence-electron chi connectivity index (χ0n) is 16.1. The number of pyridine rings is 1. The molecule has 0 spiro atoms. The number of aromatic nitrogens is 1. The van der Waals surface area contributed by atoms with Gasteiger partial charge in [0, 0.05) is 0 Å². The topological polar surface area (TPSA) is 86.1 Å². The van der Waals surface area contributed by atoms with Gasteiger partial charge in [0.2, 0.25) is 11.8 Å². The number of halogens is 3. The molecule has 2 aromatic heterocycles. The average molecular weight is 474 g/mol. The van der Waals surface area contributed by atoms with Crippen molar-refractivity contribution in [3.8, 4) is 16.6 Å². The number of para-hydroxylation sites is 2. The molecule has 1 N–H and O–H groups in total. The third-order valence-corrected chi connectivity index (χ3v) is 6.43. The van der Waals surface area contributed by atoms with E-state index in [1.54, 1.807) is 47.8 Å². The van der Waals surface area contributed by atoms with Gasteiger partial charge in [-0.2, -0.15) is 18.4 Å². The maximum atomic E-state index is 13.6. The summed E-state index contributed by atoms with van der Waals surface area (Å²) in [5, 5.41) is 13.6. The Labute approximate surface area is 188 Å². The molecular formula is C21H13F3N4O2S2. The van der Waals surface area contributed by atoms with Crippen molar-refractivity contribution < 1.29 is 22.8 Å². The smallest absolute Gasteiger partial charge is 0.323 e. The first-order valence-electron chi connectivity index (χ1n) is 9.16. The lowest BCUT2D eigenvalue weighted by Crippen LogP contribution is -2.43. The Morgan fingerprint density at radius 3 is 2.75 bits per heavy atom. The molecule has 1 aliphatic rings. The second kappa shape index (κ2) is 8.64. The molecule has 1 aromatic carbocycles. The van der Waals surface area contributed by atoms with Crippen molar-refractivity contribution >= 4 is 46.3 Å². The Kier molecular flexibility index (Phi) is 5.90. The number of alkyl halides is 3. The molecule has 162 valence electrons. The van der Waals surface area contributed by atoms with Crippen LogP contribution in [0.25, 0.3) is 10.6 Å². The summed E-state index contributed by atoms with van der Waals surface area (Å²) in [5.74, 6) is -1.16. The average Bonchev–Trinajstić information content (AvgIpc) is 3.30. The molecule has 0 saturated heterocycles. The number of nitrogens with one attached hydrogen (secondary N) is 1. The molecule has 0 aliphatic carbocycles. The lowest BCUT2D eigenvalue weighted by atomic mass is 10.1. The molecule has 32 heavy (non-hydrogen) atoms. The van der Waals surface area contributed by atoms with Crippen molar-refractivity contribution in [3.63, 3.8) is 0 Å². The van der Waals surface area contributed by atoms with E-state index in [-0.39, 0.29) is 28.9 Å². The van der Waals surface area contributed by atoms with Gasteiger partial charge in [-0.1, -0.05) is 30.0 Å². The van der Waals surface area contributed by atoms with Crippen molar-refractivity contribution in [2.75, 3.05) is 22.5 Å². The maximum absolute atomic E-state index is 13.6. The Morgan fingerprint density at radius 1 is 1.28 bits per heavy atom. The monoisotopic (exact) mass is 474 g/mol. The normalized spacial score (nSPS) is 13.3. The quantitative estimate of drug-likeness (QED) is 0.550. The van der Waals surface area contributed by atoms with Gasteiger partial charge in [0.15, 0.2) is 0 Å². The van der Waals surface area contributed by atoms with E-state index >= 15 is 0 Å². The van der Waals surface area contributed by atoms with E-state index in [1.807, 2.05) is 0 Å². The minimum Gasteiger partial charge on any atom is -0.323 e. The van der Waals surface area contributed by atoms with E-state index in [0.717, 1.165) is 17.8 Å². The molecule has 3 heterocycles. The number of anilines is 2. The number of hydrogen-bond donors (Lipinski definition) is 1. The first kappa shape index (κ1) is 21.9. The van der Waals surface area contributed by atoms with Gasteiger partial charge in [0.25, 0.3) is 0 Å². The van der Waals surface area contributed by atoms with E-state index < -0.39 is 23.2 Å². The van der Waals surface area contributed by atoms with Crippen LogP contribution in [0.15, 0.2) is 52.9 Å². The van der Waals surface area contributed by atoms with Crippen LogP contribution in [0.2, 0.25) is 0 Å². The molecule has 0 unspecified atom stereocenters. The Balaban J connectivity index is 1.66. The summed E-state index contributed by atoms with van der Waals surface area (Å²) in [6.07, 6.45) is -4.76. The fourth-order valence-corrected chi connectivity index (χ4v) is 4.74. The van der Waals surface area contributed by atoms with Crippen LogP contribution in [0.3, 0.4) is 0 Å². The summed E-state index contributed by atoms with van der Waals surface area (Å²) in [6, 6.07) is 12.5. The van der Waals surface area contributed by atoms with E-state index in [0.29, 0.717) is 16.3 Å². The summed E-state index contributed by atoms with van der Waals surface area (Å²) in [5.41, 5.74) is -0.695. The number of nitriles is 1. The van der Waals surface area contributed by atoms with Crippen molar-refractivity contribution in [2.24, 2.45) is 0 Å². The van der Waals surface area contributed by atoms with Crippen molar-refractivity contribution in [1.29, 1.82) is 5.26 Å². The van der Waals surface area contributed by atoms with Crippen LogP contribution in [-0.4, -0.2) is 29.1 Å². The minimum absolute atomic E-state index is 0.0731. The maximum Gasteiger partial charge on any atom is 0.417 e. The summed E-state index contributed by atoms with van der Waals surface area (Å²) in [4.78, 5) is 30.8. The van der Waals surface area contributed by atoms with Crippen LogP contribution >= 0.6 is 23.1 Å². The standard InChI is InChI=1S/C21H13F3N4O2S2/c22-21(23,24)13-8-15(17-6-3-7-31-17)27-20(12(13)9-25)32-11-19(30)28-10-18(29)26-14-4-1-2-5-16(14)28/h1-8H,10-11H2,(H,26,29). The van der Waals surface area contributed by atoms with Gasteiger partial charge in [-0.3, -0.25) is 9.59 Å². The van der Waals surface area contributed by atoms with Crippen LogP contribution < -0.4 is 10.2 Å². The third kappa shape index (κ3) is 4.32. The molecule has 0 saturated carbocycles. The van der Waals surface area contributed by atoms with Gasteiger partial charge >= 0.3 is 6.18 Å². The van der Waals surface area contributed by atoms with Crippen LogP contribution in [0, 0.1) is 11.3 Å². The number of carbonyl (C=O) groups is 2. The zero-order chi connectivity index (χ0) is 22.9. The van der Waals surface area contributed by atoms with Crippen molar-refractivity contribution in [1.82, 2.24) is 4.98 Å². The van der Waals surface area contributed by atoms with Crippen LogP contribution in [0.5, 0.6) is 0 Å². The summed E-state index contributed by atoms with van der Waals surface area (Å²) >= 11 is 1.95. The molecule has 0 bridgehead atoms. The van der Waals surface area contributed by atoms with E-state index in [1.165, 1.54) is 16.2 Å². The number of carbonyl (C=O) groups excluding carboxylic acids is 2. The molecule has 0 radical (unpaired) electrons. The number of thioether (sulfide) groups is 1. The zero-order valence-corrected chi connectivity index (χ0v) is 17.8. The SMILES string of the molecule is N#Cc1c(C(F)(F)F)cc(-c2cccs2)nc1SCC(=O)N1CC(=O)Nc2ccccc21. The highest BCUT2D eigenvalue weighted by molar-refractivity contribution is 8.00. The second-order valence-corrected chi connectivity index (χ2v) is 8.57. The Hall–Kier alpha value is -3.36. The number of benzene rings is 1. The summed E-state index contributed by atoms with van der Waals surface area (Å²) in [7, 11) is 0. The third-order valence-electron chi connectivity index (χ3n) is 4.58. The molecule has 0 fully saturated rings. The molecule has 11 heteroatoms. The fourth-order valence-electron chi connectivity index (χ4n) is 3.17. The minimum atomic E-state index is -4.76. The lowest BCUT2D eigenvalue weighted by molar-refractivity contribution is -0.138. The van der Waals surface area contributed by atoms with Crippen molar-refractivity contribution in [3.05, 3.63) is 59.0 Å². The number of thiophene rings is 1. The molecule has 4 rings (SSSR count). The summed E-state index contributed by atoms with van der Waals surface area (Å²) < 4.78 is 40.9. The summed E-state index contributed by atoms with van der Waals surface area (Å²) in [6.45, 7) is -0.210. The van der Waals surface area contributed by atoms with E-state index in [4.69, 9.17) is 0 Å². The molecule has 1 aliphatic heterocycles. The second-order valence-electron chi connectivity index (χ2n) is 6.66. The van der Waals surface area contributed by atoms with Crippen LogP contribution in [-0.2, 0) is 15.8 Å². The molecule has 6 nitrogen and oxygen atoms in total. The lowest BCUT2D eigenvalue weighted by Gasteiger charge is -2.29. The molecular weight excluding hydrogens is 461 g/mol. The Morgan fingerprint density at radius 2 is 2.06 bits per heavy atom. The Bertz CT molecular complexity index is 1240. The van der Waals surface area contributed by atoms with Crippen LogP contribution in [0.1, 0.15) is 11.1 Å². The predicted molar refractivity (Wildman–Crippen MR) is 115 cm³/mol. The number of rotatable bonds is 4. The van der Waals surface area contributed by atoms with Gasteiger partial charge in [0.05, 0.1) is 38.8 Å². The first-order chi connectivity index (χ1) is 15.3. The largest absolute Gasteiger partial charge is 0.417 e.